The third-order valence-corrected chi connectivity index (χ3v) is 12.2. The molecule has 5 aromatic rings. The van der Waals surface area contributed by atoms with E-state index in [1.54, 1.807) is 18.5 Å². The van der Waals surface area contributed by atoms with Gasteiger partial charge in [-0.15, -0.1) is 4.76 Å². The zero-order valence-corrected chi connectivity index (χ0v) is 39.2. The lowest BCUT2D eigenvalue weighted by atomic mass is 9.87. The van der Waals surface area contributed by atoms with Crippen molar-refractivity contribution in [2.24, 2.45) is 16.4 Å². The minimum Gasteiger partial charge on any atom is -0.493 e. The molecule has 2 aliphatic heterocycles. The highest BCUT2D eigenvalue weighted by atomic mass is 31.2. The van der Waals surface area contributed by atoms with Gasteiger partial charge in [0.2, 0.25) is 12.2 Å². The summed E-state index contributed by atoms with van der Waals surface area (Å²) in [5, 5.41) is 8.49. The molecule has 4 N–H and O–H groups in total. The summed E-state index contributed by atoms with van der Waals surface area (Å²) in [7, 11) is -3.57. The number of likely N-dealkylation sites (N-methyl/N-ethyl adjacent to an activating group) is 1. The lowest BCUT2D eigenvalue weighted by molar-refractivity contribution is -0.169. The number of anilines is 2. The monoisotopic (exact) mass is 981 g/mol. The predicted molar refractivity (Wildman–Crippen MR) is 245 cm³/mol. The molecule has 22 nitrogen and oxygen atoms in total. The van der Waals surface area contributed by atoms with Crippen molar-refractivity contribution >= 4 is 37.2 Å². The topological polar surface area (TPSA) is 256 Å². The van der Waals surface area contributed by atoms with Crippen LogP contribution in [0.3, 0.4) is 0 Å². The van der Waals surface area contributed by atoms with E-state index in [4.69, 9.17) is 39.2 Å². The lowest BCUT2D eigenvalue weighted by Gasteiger charge is -2.37. The number of piperazine rings is 1. The molecule has 0 aliphatic carbocycles. The first-order chi connectivity index (χ1) is 32.9. The highest BCUT2D eigenvalue weighted by Crippen LogP contribution is 2.42. The molecule has 3 aromatic carbocycles. The van der Waals surface area contributed by atoms with E-state index < -0.39 is 73.7 Å². The fraction of sp³-hybridized carbons (Fsp3) is 0.432. The summed E-state index contributed by atoms with van der Waals surface area (Å²) >= 11 is 0. The van der Waals surface area contributed by atoms with Crippen molar-refractivity contribution in [2.75, 3.05) is 62.8 Å². The number of carbonyl (C=O) groups excluding carboxylic acids is 2. The highest BCUT2D eigenvalue weighted by Gasteiger charge is 2.45. The molecule has 370 valence electrons. The zero-order valence-electron chi connectivity index (χ0n) is 38.3. The normalized spacial score (nSPS) is 18.9. The van der Waals surface area contributed by atoms with Gasteiger partial charge in [0.05, 0.1) is 31.5 Å². The van der Waals surface area contributed by atoms with Gasteiger partial charge in [0.15, 0.2) is 0 Å². The van der Waals surface area contributed by atoms with Gasteiger partial charge in [0, 0.05) is 69.1 Å². The summed E-state index contributed by atoms with van der Waals surface area (Å²) in [5.41, 5.74) is 6.85. The fourth-order valence-electron chi connectivity index (χ4n) is 8.35. The van der Waals surface area contributed by atoms with Crippen molar-refractivity contribution in [3.05, 3.63) is 113 Å². The molecule has 4 heterocycles. The molecule has 2 aromatic heterocycles. The number of ether oxygens (including phenoxy) is 5. The van der Waals surface area contributed by atoms with Crippen LogP contribution in [0.25, 0.3) is 5.69 Å². The zero-order chi connectivity index (χ0) is 49.5. The van der Waals surface area contributed by atoms with Crippen LogP contribution in [-0.4, -0.2) is 127 Å². The molecule has 0 amide bonds. The van der Waals surface area contributed by atoms with Gasteiger partial charge in [-0.05, 0) is 74.4 Å². The Morgan fingerprint density at radius 2 is 1.61 bits per heavy atom. The molecule has 0 saturated carbocycles. The number of rotatable bonds is 18. The van der Waals surface area contributed by atoms with Gasteiger partial charge in [-0.2, -0.15) is 10.2 Å². The smallest absolute Gasteiger partial charge is 0.493 e. The summed E-state index contributed by atoms with van der Waals surface area (Å²) in [5.74, 6) is -2.25. The molecule has 2 saturated heterocycles. The van der Waals surface area contributed by atoms with E-state index in [2.05, 4.69) is 29.7 Å². The minimum absolute atomic E-state index is 0.0559. The van der Waals surface area contributed by atoms with Crippen molar-refractivity contribution < 1.29 is 56.4 Å². The third kappa shape index (κ3) is 12.6. The largest absolute Gasteiger partial charge is 0.511 e. The van der Waals surface area contributed by atoms with Crippen LogP contribution in [0.2, 0.25) is 0 Å². The summed E-state index contributed by atoms with van der Waals surface area (Å²) in [6, 6.07) is 18.3. The second-order valence-corrected chi connectivity index (χ2v) is 17.9. The Morgan fingerprint density at radius 1 is 0.957 bits per heavy atom. The van der Waals surface area contributed by atoms with Crippen molar-refractivity contribution in [3.8, 4) is 11.4 Å². The molecule has 25 heteroatoms. The molecule has 2 fully saturated rings. The molecular formula is C44H54F2N11O11P. The molecule has 0 bridgehead atoms. The van der Waals surface area contributed by atoms with E-state index in [1.807, 2.05) is 48.5 Å². The standard InChI is InChI=1S/C44H54F2N11O11P/c1-5-39(29(2)66-43(60)68-30(3)67-40(58)22-52(4)41(47)51-69(61,62)63)57-42(59)56(28-50-57)35-9-7-33(8-10-35)53-16-18-54(19-17-53)34-11-13-36(14-12-34)64-23-31-21-44(65-24-31,25-55-27-48-26-49-55)37-15-6-32(45)20-38(37)46/h6-15,20,26-31,39H,5,16-19,21-25H2,1-4H3,(H4,47,51,61,62,63)/t29-,30?,31+,39-,44-/m0/s1. The van der Waals surface area contributed by atoms with Crippen LogP contribution in [0, 0.1) is 17.6 Å². The number of nitrogens with two attached hydrogens (primary N) is 1. The van der Waals surface area contributed by atoms with Crippen molar-refractivity contribution in [1.82, 2.24) is 34.0 Å². The van der Waals surface area contributed by atoms with Crippen LogP contribution in [-0.2, 0) is 40.5 Å². The van der Waals surface area contributed by atoms with E-state index in [0.717, 1.165) is 48.5 Å². The van der Waals surface area contributed by atoms with Gasteiger partial charge in [0.1, 0.15) is 54.6 Å². The van der Waals surface area contributed by atoms with E-state index in [-0.39, 0.29) is 18.0 Å². The number of esters is 1. The molecule has 0 radical (unpaired) electrons. The fourth-order valence-corrected chi connectivity index (χ4v) is 8.77. The van der Waals surface area contributed by atoms with E-state index in [9.17, 15) is 23.3 Å². The molecule has 69 heavy (non-hydrogen) atoms. The van der Waals surface area contributed by atoms with Crippen LogP contribution in [0.15, 0.2) is 95.3 Å². The van der Waals surface area contributed by atoms with Crippen molar-refractivity contribution in [3.63, 3.8) is 0 Å². The summed E-state index contributed by atoms with van der Waals surface area (Å²) in [6.45, 7) is 8.00. The number of nitrogens with zero attached hydrogens (tertiary/aromatic N) is 10. The number of carbonyl (C=O) groups is 2. The number of guanidine groups is 1. The first-order valence-electron chi connectivity index (χ1n) is 22.0. The van der Waals surface area contributed by atoms with E-state index in [0.29, 0.717) is 37.5 Å². The van der Waals surface area contributed by atoms with Gasteiger partial charge in [-0.1, -0.05) is 13.0 Å². The second kappa shape index (κ2) is 21.6. The quantitative estimate of drug-likeness (QED) is 0.0369. The third-order valence-electron chi connectivity index (χ3n) is 11.8. The summed E-state index contributed by atoms with van der Waals surface area (Å²) in [4.78, 5) is 65.8. The maximum absolute atomic E-state index is 15.1. The van der Waals surface area contributed by atoms with Gasteiger partial charge in [0.25, 0.3) is 0 Å². The van der Waals surface area contributed by atoms with Gasteiger partial charge in [-0.25, -0.2) is 41.8 Å². The summed E-state index contributed by atoms with van der Waals surface area (Å²) in [6.07, 6.45) is 1.65. The molecule has 0 spiro atoms. The Kier molecular flexibility index (Phi) is 15.7. The van der Waals surface area contributed by atoms with Crippen LogP contribution in [0.5, 0.6) is 5.75 Å². The van der Waals surface area contributed by atoms with E-state index in [1.165, 1.54) is 54.3 Å². The van der Waals surface area contributed by atoms with Crippen molar-refractivity contribution in [2.45, 2.75) is 64.2 Å². The van der Waals surface area contributed by atoms with Gasteiger partial charge in [-0.3, -0.25) is 4.79 Å². The van der Waals surface area contributed by atoms with Gasteiger partial charge >= 0.3 is 25.6 Å². The average molecular weight is 982 g/mol. The van der Waals surface area contributed by atoms with Crippen LogP contribution in [0.4, 0.5) is 25.0 Å². The second-order valence-electron chi connectivity index (χ2n) is 16.7. The molecule has 1 unspecified atom stereocenters. The predicted octanol–water partition coefficient (Wildman–Crippen LogP) is 3.96. The molecular weight excluding hydrogens is 928 g/mol. The molecule has 7 rings (SSSR count). The highest BCUT2D eigenvalue weighted by molar-refractivity contribution is 7.50. The maximum atomic E-state index is 15.1. The Balaban J connectivity index is 0.867. The average Bonchev–Trinajstić information content (AvgIpc) is 4.07. The van der Waals surface area contributed by atoms with Crippen molar-refractivity contribution in [1.29, 1.82) is 0 Å². The Labute approximate surface area is 395 Å². The minimum atomic E-state index is -4.82. The van der Waals surface area contributed by atoms with Crippen LogP contribution < -0.4 is 26.0 Å². The number of halogens is 2. The molecule has 5 atom stereocenters. The van der Waals surface area contributed by atoms with Crippen LogP contribution in [0.1, 0.15) is 45.2 Å². The maximum Gasteiger partial charge on any atom is 0.511 e. The SMILES string of the molecule is CC[C@@H]([C@H](C)OC(=O)OC(C)OC(=O)CN(C)C(N)=NP(=O)(O)O)n1ncn(-c2ccc(N3CCN(c4ccc(OC[C@@H]5CO[C@@](Cn6cncn6)(c6ccc(F)cc6F)C5)cc4)CC3)cc2)c1=O. The Hall–Kier alpha value is -6.88. The number of aromatic nitrogens is 6. The number of benzene rings is 3. The number of hydrogen-bond donors (Lipinski definition) is 3. The van der Waals surface area contributed by atoms with E-state index >= 15 is 4.39 Å². The lowest BCUT2D eigenvalue weighted by Crippen LogP contribution is -2.46. The van der Waals surface area contributed by atoms with Gasteiger partial charge < -0.3 is 53.9 Å². The first-order valence-corrected chi connectivity index (χ1v) is 23.6. The Bertz CT molecular complexity index is 2680. The first kappa shape index (κ1) is 50.0. The van der Waals surface area contributed by atoms with Crippen LogP contribution >= 0.6 is 7.75 Å². The number of hydrogen-bond acceptors (Lipinski definition) is 14. The molecule has 2 aliphatic rings. The summed E-state index contributed by atoms with van der Waals surface area (Å²) < 4.78 is 74.9. The Morgan fingerprint density at radius 3 is 2.22 bits per heavy atom.